The van der Waals surface area contributed by atoms with E-state index in [0.717, 1.165) is 25.7 Å². The van der Waals surface area contributed by atoms with Gasteiger partial charge in [0.1, 0.15) is 5.78 Å². The second-order valence-corrected chi connectivity index (χ2v) is 4.90. The van der Waals surface area contributed by atoms with Gasteiger partial charge in [-0.25, -0.2) is 0 Å². The Morgan fingerprint density at radius 1 is 1.07 bits per heavy atom. The summed E-state index contributed by atoms with van der Waals surface area (Å²) in [6, 6.07) is 8.62. The molecule has 78 valence electrons. The van der Waals surface area contributed by atoms with Gasteiger partial charge in [0.2, 0.25) is 0 Å². The molecule has 1 heteroatoms. The van der Waals surface area contributed by atoms with Crippen LogP contribution in [0.2, 0.25) is 0 Å². The summed E-state index contributed by atoms with van der Waals surface area (Å²) in [4.78, 5) is 11.8. The molecule has 0 bridgehead atoms. The van der Waals surface area contributed by atoms with Gasteiger partial charge in [-0.1, -0.05) is 24.3 Å². The molecule has 1 fully saturated rings. The molecule has 0 radical (unpaired) electrons. The van der Waals surface area contributed by atoms with Crippen molar-refractivity contribution in [2.24, 2.45) is 11.8 Å². The number of carbonyl (C=O) groups is 1. The highest BCUT2D eigenvalue weighted by atomic mass is 16.1. The molecule has 3 rings (SSSR count). The molecule has 1 aromatic carbocycles. The van der Waals surface area contributed by atoms with Crippen molar-refractivity contribution in [1.29, 1.82) is 0 Å². The number of hydrogen-bond donors (Lipinski definition) is 0. The minimum atomic E-state index is 0.341. The van der Waals surface area contributed by atoms with E-state index < -0.39 is 0 Å². The third-order valence-electron chi connectivity index (χ3n) is 4.02. The lowest BCUT2D eigenvalue weighted by Gasteiger charge is -2.35. The summed E-state index contributed by atoms with van der Waals surface area (Å²) in [5.41, 5.74) is 2.89. The van der Waals surface area contributed by atoms with Crippen LogP contribution in [0.5, 0.6) is 0 Å². The highest BCUT2D eigenvalue weighted by molar-refractivity contribution is 5.82. The highest BCUT2D eigenvalue weighted by Crippen LogP contribution is 2.37. The van der Waals surface area contributed by atoms with E-state index in [4.69, 9.17) is 0 Å². The van der Waals surface area contributed by atoms with Crippen LogP contribution < -0.4 is 0 Å². The molecule has 2 atom stereocenters. The van der Waals surface area contributed by atoms with Gasteiger partial charge in [0.15, 0.2) is 0 Å². The van der Waals surface area contributed by atoms with Crippen LogP contribution in [0, 0.1) is 11.8 Å². The minimum Gasteiger partial charge on any atom is -0.299 e. The zero-order valence-corrected chi connectivity index (χ0v) is 8.91. The molecular weight excluding hydrogens is 184 g/mol. The van der Waals surface area contributed by atoms with E-state index in [9.17, 15) is 4.79 Å². The lowest BCUT2D eigenvalue weighted by molar-refractivity contribution is -0.126. The fraction of sp³-hybridized carbons (Fsp3) is 0.500. The topological polar surface area (TPSA) is 17.1 Å². The number of benzene rings is 1. The summed E-state index contributed by atoms with van der Waals surface area (Å²) in [5, 5.41) is 0. The second kappa shape index (κ2) is 3.48. The fourth-order valence-electron chi connectivity index (χ4n) is 3.19. The largest absolute Gasteiger partial charge is 0.299 e. The number of hydrogen-bond acceptors (Lipinski definition) is 1. The summed E-state index contributed by atoms with van der Waals surface area (Å²) < 4.78 is 0. The van der Waals surface area contributed by atoms with Crippen molar-refractivity contribution in [1.82, 2.24) is 0 Å². The van der Waals surface area contributed by atoms with Crippen LogP contribution in [0.15, 0.2) is 24.3 Å². The average Bonchev–Trinajstić information content (AvgIpc) is 2.27. The predicted molar refractivity (Wildman–Crippen MR) is 59.7 cm³/mol. The lowest BCUT2D eigenvalue weighted by Crippen LogP contribution is -2.34. The number of Topliss-reactive ketones (excluding diaryl/α,β-unsaturated/α-hetero) is 1. The molecule has 0 saturated heterocycles. The number of ketones is 1. The first-order valence-corrected chi connectivity index (χ1v) is 5.94. The van der Waals surface area contributed by atoms with Crippen LogP contribution in [-0.2, 0) is 17.6 Å². The summed E-state index contributed by atoms with van der Waals surface area (Å²) in [6.07, 6.45) is 5.32. The zero-order valence-electron chi connectivity index (χ0n) is 8.91. The van der Waals surface area contributed by atoms with Gasteiger partial charge < -0.3 is 0 Å². The van der Waals surface area contributed by atoms with Gasteiger partial charge in [0, 0.05) is 12.3 Å². The second-order valence-electron chi connectivity index (χ2n) is 4.90. The van der Waals surface area contributed by atoms with Gasteiger partial charge in [0.05, 0.1) is 0 Å². The Labute approximate surface area is 90.5 Å². The monoisotopic (exact) mass is 200 g/mol. The molecule has 0 N–H and O–H groups in total. The maximum absolute atomic E-state index is 11.8. The molecule has 0 aromatic heterocycles. The van der Waals surface area contributed by atoms with E-state index in [-0.39, 0.29) is 0 Å². The third kappa shape index (κ3) is 1.50. The molecule has 0 spiro atoms. The van der Waals surface area contributed by atoms with Crippen molar-refractivity contribution < 1.29 is 4.79 Å². The van der Waals surface area contributed by atoms with E-state index in [1.807, 2.05) is 0 Å². The Balaban J connectivity index is 1.95. The SMILES string of the molecule is O=C1CCCC2Cc3ccccc3CC12. The first-order valence-electron chi connectivity index (χ1n) is 5.94. The van der Waals surface area contributed by atoms with Crippen LogP contribution in [-0.4, -0.2) is 5.78 Å². The molecule has 0 aliphatic heterocycles. The van der Waals surface area contributed by atoms with Crippen LogP contribution in [0.25, 0.3) is 0 Å². The van der Waals surface area contributed by atoms with Gasteiger partial charge in [-0.2, -0.15) is 0 Å². The number of fused-ring (bicyclic) bond motifs is 2. The molecule has 2 aliphatic carbocycles. The van der Waals surface area contributed by atoms with Gasteiger partial charge >= 0.3 is 0 Å². The van der Waals surface area contributed by atoms with Gasteiger partial charge in [0.25, 0.3) is 0 Å². The number of carbonyl (C=O) groups excluding carboxylic acids is 1. The zero-order chi connectivity index (χ0) is 10.3. The van der Waals surface area contributed by atoms with Crippen molar-refractivity contribution in [3.05, 3.63) is 35.4 Å². The lowest BCUT2D eigenvalue weighted by atomic mass is 9.68. The highest BCUT2D eigenvalue weighted by Gasteiger charge is 2.35. The summed E-state index contributed by atoms with van der Waals surface area (Å²) in [6.45, 7) is 0. The van der Waals surface area contributed by atoms with Crippen molar-refractivity contribution in [2.75, 3.05) is 0 Å². The average molecular weight is 200 g/mol. The maximum atomic E-state index is 11.8. The van der Waals surface area contributed by atoms with E-state index in [2.05, 4.69) is 24.3 Å². The van der Waals surface area contributed by atoms with E-state index in [0.29, 0.717) is 17.6 Å². The third-order valence-corrected chi connectivity index (χ3v) is 4.02. The Morgan fingerprint density at radius 3 is 2.60 bits per heavy atom. The van der Waals surface area contributed by atoms with Crippen molar-refractivity contribution in [3.8, 4) is 0 Å². The number of rotatable bonds is 0. The molecule has 2 unspecified atom stereocenters. The van der Waals surface area contributed by atoms with Gasteiger partial charge in [-0.15, -0.1) is 0 Å². The van der Waals surface area contributed by atoms with Crippen LogP contribution >= 0.6 is 0 Å². The standard InChI is InChI=1S/C14H16O/c15-14-7-3-6-12-8-10-4-1-2-5-11(10)9-13(12)14/h1-2,4-5,12-13H,3,6-9H2. The molecular formula is C14H16O. The molecule has 1 aromatic rings. The Hall–Kier alpha value is -1.11. The van der Waals surface area contributed by atoms with Gasteiger partial charge in [-0.05, 0) is 42.7 Å². The molecule has 0 heterocycles. The maximum Gasteiger partial charge on any atom is 0.136 e. The van der Waals surface area contributed by atoms with E-state index in [1.165, 1.54) is 17.5 Å². The molecule has 1 nitrogen and oxygen atoms in total. The summed E-state index contributed by atoms with van der Waals surface area (Å²) >= 11 is 0. The minimum absolute atomic E-state index is 0.341. The van der Waals surface area contributed by atoms with Crippen LogP contribution in [0.3, 0.4) is 0 Å². The van der Waals surface area contributed by atoms with E-state index >= 15 is 0 Å². The fourth-order valence-corrected chi connectivity index (χ4v) is 3.19. The van der Waals surface area contributed by atoms with Crippen molar-refractivity contribution in [2.45, 2.75) is 32.1 Å². The normalized spacial score (nSPS) is 29.5. The quantitative estimate of drug-likeness (QED) is 0.629. The van der Waals surface area contributed by atoms with Crippen molar-refractivity contribution >= 4 is 5.78 Å². The van der Waals surface area contributed by atoms with Gasteiger partial charge in [-0.3, -0.25) is 4.79 Å². The van der Waals surface area contributed by atoms with Crippen LogP contribution in [0.4, 0.5) is 0 Å². The predicted octanol–water partition coefficient (Wildman–Crippen LogP) is 2.77. The molecule has 0 amide bonds. The first kappa shape index (κ1) is 9.14. The Morgan fingerprint density at radius 2 is 1.80 bits per heavy atom. The molecule has 1 saturated carbocycles. The molecule has 2 aliphatic rings. The van der Waals surface area contributed by atoms with E-state index in [1.54, 1.807) is 0 Å². The molecule has 15 heavy (non-hydrogen) atoms. The Kier molecular flexibility index (Phi) is 2.12. The summed E-state index contributed by atoms with van der Waals surface area (Å²) in [5.74, 6) is 1.50. The smallest absolute Gasteiger partial charge is 0.136 e. The Bertz CT molecular complexity index is 394. The summed E-state index contributed by atoms with van der Waals surface area (Å²) in [7, 11) is 0. The first-order chi connectivity index (χ1) is 7.34. The van der Waals surface area contributed by atoms with Crippen molar-refractivity contribution in [3.63, 3.8) is 0 Å². The van der Waals surface area contributed by atoms with Crippen LogP contribution in [0.1, 0.15) is 30.4 Å².